The van der Waals surface area contributed by atoms with Crippen LogP contribution in [0, 0.1) is 5.92 Å². The Morgan fingerprint density at radius 3 is 3.10 bits per heavy atom. The van der Waals surface area contributed by atoms with Gasteiger partial charge in [0.05, 0.1) is 0 Å². The zero-order valence-corrected chi connectivity index (χ0v) is 14.7. The lowest BCUT2D eigenvalue weighted by Gasteiger charge is -2.24. The van der Waals surface area contributed by atoms with Gasteiger partial charge in [-0.25, -0.2) is 0 Å². The van der Waals surface area contributed by atoms with E-state index in [-0.39, 0.29) is 0 Å². The van der Waals surface area contributed by atoms with Crippen molar-refractivity contribution in [2.75, 3.05) is 24.6 Å². The Morgan fingerprint density at radius 2 is 2.43 bits per heavy atom. The van der Waals surface area contributed by atoms with Crippen LogP contribution in [0.15, 0.2) is 22.5 Å². The van der Waals surface area contributed by atoms with Crippen LogP contribution < -0.4 is 10.6 Å². The zero-order chi connectivity index (χ0) is 14.9. The summed E-state index contributed by atoms with van der Waals surface area (Å²) >= 11 is 3.89. The van der Waals surface area contributed by atoms with Crippen LogP contribution in [0.3, 0.4) is 0 Å². The van der Waals surface area contributed by atoms with E-state index in [2.05, 4.69) is 42.0 Å². The number of guanidine groups is 1. The number of thioether (sulfide) groups is 1. The molecule has 1 aliphatic rings. The van der Waals surface area contributed by atoms with Crippen molar-refractivity contribution in [1.29, 1.82) is 0 Å². The van der Waals surface area contributed by atoms with Crippen molar-refractivity contribution in [1.82, 2.24) is 10.6 Å². The molecule has 0 aliphatic carbocycles. The Labute approximate surface area is 137 Å². The molecule has 0 spiro atoms. The molecular formula is C16H27N3S2. The Hall–Kier alpha value is -0.680. The van der Waals surface area contributed by atoms with Gasteiger partial charge in [0.15, 0.2) is 5.96 Å². The number of hydrogen-bond acceptors (Lipinski definition) is 3. The summed E-state index contributed by atoms with van der Waals surface area (Å²) in [6, 6.07) is 4.92. The van der Waals surface area contributed by atoms with E-state index in [0.717, 1.165) is 25.5 Å². The third kappa shape index (κ3) is 6.30. The van der Waals surface area contributed by atoms with Gasteiger partial charge in [0.25, 0.3) is 0 Å². The zero-order valence-electron chi connectivity index (χ0n) is 13.1. The molecule has 1 fully saturated rings. The van der Waals surface area contributed by atoms with Crippen molar-refractivity contribution in [3.05, 3.63) is 22.4 Å². The summed E-state index contributed by atoms with van der Waals surface area (Å²) in [4.78, 5) is 6.24. The molecule has 1 saturated heterocycles. The molecule has 1 aliphatic heterocycles. The maximum atomic E-state index is 4.78. The van der Waals surface area contributed by atoms with E-state index < -0.39 is 0 Å². The van der Waals surface area contributed by atoms with Gasteiger partial charge in [-0.05, 0) is 49.3 Å². The lowest BCUT2D eigenvalue weighted by molar-refractivity contribution is 0.568. The number of nitrogens with one attached hydrogen (secondary N) is 2. The van der Waals surface area contributed by atoms with Gasteiger partial charge in [-0.3, -0.25) is 4.99 Å². The number of thiophene rings is 1. The Bertz CT molecular complexity index is 411. The van der Waals surface area contributed by atoms with Crippen molar-refractivity contribution in [3.8, 4) is 0 Å². The molecule has 2 unspecified atom stereocenters. The van der Waals surface area contributed by atoms with Crippen LogP contribution in [0.4, 0.5) is 0 Å². The molecule has 0 aromatic carbocycles. The molecule has 0 amide bonds. The van der Waals surface area contributed by atoms with Crippen LogP contribution >= 0.6 is 23.1 Å². The molecule has 1 aromatic rings. The van der Waals surface area contributed by atoms with E-state index in [1.807, 2.05) is 23.1 Å². The largest absolute Gasteiger partial charge is 0.357 e. The Balaban J connectivity index is 1.81. The fourth-order valence-electron chi connectivity index (χ4n) is 2.45. The Kier molecular flexibility index (Phi) is 7.44. The van der Waals surface area contributed by atoms with Crippen LogP contribution in [-0.2, 0) is 6.42 Å². The minimum Gasteiger partial charge on any atom is -0.357 e. The summed E-state index contributed by atoms with van der Waals surface area (Å²) in [5, 5.41) is 9.12. The van der Waals surface area contributed by atoms with E-state index >= 15 is 0 Å². The van der Waals surface area contributed by atoms with Gasteiger partial charge >= 0.3 is 0 Å². The summed E-state index contributed by atoms with van der Waals surface area (Å²) in [5.74, 6) is 4.08. The molecule has 2 rings (SSSR count). The SMILES string of the molecule is CCNC(=NCC(C)Cc1cccs1)NC1CCCSC1. The molecule has 3 nitrogen and oxygen atoms in total. The highest BCUT2D eigenvalue weighted by molar-refractivity contribution is 7.99. The quantitative estimate of drug-likeness (QED) is 0.622. The minimum atomic E-state index is 0.578. The van der Waals surface area contributed by atoms with E-state index in [0.29, 0.717) is 12.0 Å². The van der Waals surface area contributed by atoms with Gasteiger partial charge in [-0.2, -0.15) is 11.8 Å². The lowest BCUT2D eigenvalue weighted by atomic mass is 10.1. The summed E-state index contributed by atoms with van der Waals surface area (Å²) in [5.41, 5.74) is 0. The van der Waals surface area contributed by atoms with Crippen molar-refractivity contribution < 1.29 is 0 Å². The van der Waals surface area contributed by atoms with Gasteiger partial charge in [-0.1, -0.05) is 13.0 Å². The topological polar surface area (TPSA) is 36.4 Å². The van der Waals surface area contributed by atoms with Crippen LogP contribution in [-0.4, -0.2) is 36.6 Å². The standard InChI is InChI=1S/C16H27N3S2/c1-3-17-16(19-14-6-4-8-20-12-14)18-11-13(2)10-15-7-5-9-21-15/h5,7,9,13-14H,3-4,6,8,10-12H2,1-2H3,(H2,17,18,19). The maximum absolute atomic E-state index is 4.78. The smallest absolute Gasteiger partial charge is 0.191 e. The van der Waals surface area contributed by atoms with E-state index in [9.17, 15) is 0 Å². The van der Waals surface area contributed by atoms with Crippen LogP contribution in [0.1, 0.15) is 31.6 Å². The molecule has 21 heavy (non-hydrogen) atoms. The molecule has 0 bridgehead atoms. The van der Waals surface area contributed by atoms with Crippen molar-refractivity contribution in [2.45, 2.75) is 39.2 Å². The fourth-order valence-corrected chi connectivity index (χ4v) is 4.39. The normalized spacial score (nSPS) is 21.0. The minimum absolute atomic E-state index is 0.578. The highest BCUT2D eigenvalue weighted by Crippen LogP contribution is 2.17. The van der Waals surface area contributed by atoms with Gasteiger partial charge in [0.2, 0.25) is 0 Å². The summed E-state index contributed by atoms with van der Waals surface area (Å²) in [6.07, 6.45) is 3.71. The molecular weight excluding hydrogens is 298 g/mol. The van der Waals surface area contributed by atoms with Gasteiger partial charge in [-0.15, -0.1) is 11.3 Å². The van der Waals surface area contributed by atoms with E-state index in [1.54, 1.807) is 0 Å². The highest BCUT2D eigenvalue weighted by atomic mass is 32.2. The van der Waals surface area contributed by atoms with Crippen molar-refractivity contribution in [2.24, 2.45) is 10.9 Å². The van der Waals surface area contributed by atoms with Crippen molar-refractivity contribution in [3.63, 3.8) is 0 Å². The first-order valence-electron chi connectivity index (χ1n) is 7.93. The van der Waals surface area contributed by atoms with Gasteiger partial charge in [0.1, 0.15) is 0 Å². The average Bonchev–Trinajstić information content (AvgIpc) is 2.99. The number of hydrogen-bond donors (Lipinski definition) is 2. The molecule has 2 atom stereocenters. The summed E-state index contributed by atoms with van der Waals surface area (Å²) < 4.78 is 0. The van der Waals surface area contributed by atoms with Gasteiger partial charge in [0, 0.05) is 29.8 Å². The number of aliphatic imine (C=N–C) groups is 1. The lowest BCUT2D eigenvalue weighted by Crippen LogP contribution is -2.45. The predicted molar refractivity (Wildman–Crippen MR) is 96.6 cm³/mol. The maximum Gasteiger partial charge on any atom is 0.191 e. The molecule has 118 valence electrons. The van der Waals surface area contributed by atoms with E-state index in [4.69, 9.17) is 4.99 Å². The molecule has 2 N–H and O–H groups in total. The molecule has 0 radical (unpaired) electrons. The Morgan fingerprint density at radius 1 is 1.52 bits per heavy atom. The van der Waals surface area contributed by atoms with Crippen LogP contribution in [0.5, 0.6) is 0 Å². The van der Waals surface area contributed by atoms with E-state index in [1.165, 1.54) is 29.2 Å². The van der Waals surface area contributed by atoms with Crippen molar-refractivity contribution >= 4 is 29.1 Å². The number of rotatable bonds is 6. The highest BCUT2D eigenvalue weighted by Gasteiger charge is 2.15. The number of nitrogens with zero attached hydrogens (tertiary/aromatic N) is 1. The summed E-state index contributed by atoms with van der Waals surface area (Å²) in [7, 11) is 0. The predicted octanol–water partition coefficient (Wildman–Crippen LogP) is 3.38. The van der Waals surface area contributed by atoms with Crippen LogP contribution in [0.2, 0.25) is 0 Å². The van der Waals surface area contributed by atoms with Crippen LogP contribution in [0.25, 0.3) is 0 Å². The molecule has 2 heterocycles. The second-order valence-electron chi connectivity index (χ2n) is 5.67. The molecule has 5 heteroatoms. The first kappa shape index (κ1) is 16.7. The monoisotopic (exact) mass is 325 g/mol. The second-order valence-corrected chi connectivity index (χ2v) is 7.85. The average molecular weight is 326 g/mol. The summed E-state index contributed by atoms with van der Waals surface area (Å²) in [6.45, 7) is 6.21. The molecule has 0 saturated carbocycles. The van der Waals surface area contributed by atoms with Gasteiger partial charge < -0.3 is 10.6 Å². The molecule has 1 aromatic heterocycles. The third-order valence-electron chi connectivity index (χ3n) is 3.54. The fraction of sp³-hybridized carbons (Fsp3) is 0.688. The first-order valence-corrected chi connectivity index (χ1v) is 9.96. The second kappa shape index (κ2) is 9.36. The first-order chi connectivity index (χ1) is 10.3. The third-order valence-corrected chi connectivity index (χ3v) is 5.65.